The number of fused-ring (bicyclic) bond motifs is 1. The Bertz CT molecular complexity index is 1060. The number of para-hydroxylation sites is 1. The van der Waals surface area contributed by atoms with Crippen LogP contribution in [-0.4, -0.2) is 36.6 Å². The van der Waals surface area contributed by atoms with Gasteiger partial charge in [0.1, 0.15) is 5.82 Å². The second kappa shape index (κ2) is 9.95. The molecule has 5 nitrogen and oxygen atoms in total. The molecule has 0 saturated heterocycles. The van der Waals surface area contributed by atoms with Gasteiger partial charge in [-0.15, -0.1) is 0 Å². The minimum absolute atomic E-state index is 0.340. The summed E-state index contributed by atoms with van der Waals surface area (Å²) in [4.78, 5) is 11.5. The van der Waals surface area contributed by atoms with E-state index in [9.17, 15) is 13.2 Å². The molecule has 4 rings (SSSR count). The van der Waals surface area contributed by atoms with Gasteiger partial charge in [0.25, 0.3) is 0 Å². The second-order valence-corrected chi connectivity index (χ2v) is 8.97. The predicted molar refractivity (Wildman–Crippen MR) is 126 cm³/mol. The lowest BCUT2D eigenvalue weighted by molar-refractivity contribution is -0.137. The molecule has 0 radical (unpaired) electrons. The minimum Gasteiger partial charge on any atom is -0.362 e. The molecule has 1 aromatic heterocycles. The van der Waals surface area contributed by atoms with Gasteiger partial charge in [-0.05, 0) is 68.0 Å². The highest BCUT2D eigenvalue weighted by atomic mass is 19.4. The average Bonchev–Trinajstić information content (AvgIpc) is 2.79. The molecular formula is C25H30F3N5. The van der Waals surface area contributed by atoms with Crippen LogP contribution in [0.1, 0.15) is 36.8 Å². The van der Waals surface area contributed by atoms with Crippen LogP contribution >= 0.6 is 0 Å². The molecule has 8 heteroatoms. The first kappa shape index (κ1) is 23.3. The number of hydrogen-bond acceptors (Lipinski definition) is 5. The van der Waals surface area contributed by atoms with Crippen LogP contribution in [0.5, 0.6) is 0 Å². The topological polar surface area (TPSA) is 53.1 Å². The van der Waals surface area contributed by atoms with E-state index in [0.29, 0.717) is 24.5 Å². The third kappa shape index (κ3) is 5.93. The standard InChI is InChI=1S/C25H30F3N5/c1-33(2)23-21-5-3-4-6-22(21)31-24(32-23)30-20-13-9-18(10-14-20)16-29-15-17-7-11-19(12-8-17)25(26,27)28/h3-8,11-12,18,20,29H,9-10,13-16H2,1-2H3,(H,30,31,32)/t18-,20+. The number of hydrogen-bond donors (Lipinski definition) is 2. The maximum absolute atomic E-state index is 12.7. The first-order valence-corrected chi connectivity index (χ1v) is 11.4. The van der Waals surface area contributed by atoms with E-state index < -0.39 is 11.7 Å². The van der Waals surface area contributed by atoms with Crippen molar-refractivity contribution >= 4 is 22.7 Å². The lowest BCUT2D eigenvalue weighted by Gasteiger charge is -2.29. The molecule has 0 aliphatic heterocycles. The summed E-state index contributed by atoms with van der Waals surface area (Å²) in [5.74, 6) is 2.14. The van der Waals surface area contributed by atoms with Gasteiger partial charge in [-0.1, -0.05) is 24.3 Å². The molecule has 1 fully saturated rings. The van der Waals surface area contributed by atoms with Gasteiger partial charge in [0.15, 0.2) is 0 Å². The Morgan fingerprint density at radius 2 is 1.64 bits per heavy atom. The molecular weight excluding hydrogens is 427 g/mol. The Morgan fingerprint density at radius 1 is 0.939 bits per heavy atom. The van der Waals surface area contributed by atoms with E-state index >= 15 is 0 Å². The summed E-state index contributed by atoms with van der Waals surface area (Å²) in [5, 5.41) is 7.97. The van der Waals surface area contributed by atoms with Crippen molar-refractivity contribution in [2.45, 2.75) is 44.4 Å². The molecule has 2 N–H and O–H groups in total. The zero-order valence-corrected chi connectivity index (χ0v) is 19.0. The lowest BCUT2D eigenvalue weighted by Crippen LogP contribution is -2.31. The zero-order chi connectivity index (χ0) is 23.4. The number of rotatable bonds is 7. The first-order valence-electron chi connectivity index (χ1n) is 11.4. The van der Waals surface area contributed by atoms with Gasteiger partial charge in [-0.2, -0.15) is 18.2 Å². The molecule has 0 atom stereocenters. The summed E-state index contributed by atoms with van der Waals surface area (Å²) in [6.45, 7) is 1.44. The van der Waals surface area contributed by atoms with E-state index in [1.807, 2.05) is 43.3 Å². The molecule has 3 aromatic rings. The van der Waals surface area contributed by atoms with E-state index in [0.717, 1.165) is 66.6 Å². The number of aromatic nitrogens is 2. The fourth-order valence-electron chi connectivity index (χ4n) is 4.39. The SMILES string of the molecule is CN(C)c1nc(N[C@H]2CC[C@@H](CNCc3ccc(C(F)(F)F)cc3)CC2)nc2ccccc12. The van der Waals surface area contributed by atoms with Crippen LogP contribution in [0.3, 0.4) is 0 Å². The molecule has 0 unspecified atom stereocenters. The summed E-state index contributed by atoms with van der Waals surface area (Å²) < 4.78 is 38.0. The number of nitrogens with zero attached hydrogens (tertiary/aromatic N) is 3. The van der Waals surface area contributed by atoms with E-state index in [-0.39, 0.29) is 0 Å². The summed E-state index contributed by atoms with van der Waals surface area (Å²) in [6.07, 6.45) is -0.0254. The van der Waals surface area contributed by atoms with Crippen molar-refractivity contribution in [1.29, 1.82) is 0 Å². The van der Waals surface area contributed by atoms with Crippen molar-refractivity contribution < 1.29 is 13.2 Å². The number of halogens is 3. The summed E-state index contributed by atoms with van der Waals surface area (Å²) in [7, 11) is 3.98. The fraction of sp³-hybridized carbons (Fsp3) is 0.440. The van der Waals surface area contributed by atoms with Crippen LogP contribution in [0.2, 0.25) is 0 Å². The highest BCUT2D eigenvalue weighted by Gasteiger charge is 2.30. The molecule has 2 aromatic carbocycles. The summed E-state index contributed by atoms with van der Waals surface area (Å²) in [5.41, 5.74) is 1.19. The molecule has 33 heavy (non-hydrogen) atoms. The van der Waals surface area contributed by atoms with Gasteiger partial charge >= 0.3 is 6.18 Å². The van der Waals surface area contributed by atoms with Gasteiger partial charge < -0.3 is 15.5 Å². The van der Waals surface area contributed by atoms with Gasteiger partial charge in [0.2, 0.25) is 5.95 Å². The predicted octanol–water partition coefficient (Wildman–Crippen LogP) is 5.48. The van der Waals surface area contributed by atoms with Gasteiger partial charge in [0.05, 0.1) is 11.1 Å². The number of nitrogens with one attached hydrogen (secondary N) is 2. The second-order valence-electron chi connectivity index (χ2n) is 8.97. The maximum Gasteiger partial charge on any atom is 0.416 e. The lowest BCUT2D eigenvalue weighted by atomic mass is 9.86. The largest absolute Gasteiger partial charge is 0.416 e. The van der Waals surface area contributed by atoms with Crippen molar-refractivity contribution in [3.8, 4) is 0 Å². The third-order valence-electron chi connectivity index (χ3n) is 6.23. The van der Waals surface area contributed by atoms with Crippen molar-refractivity contribution in [1.82, 2.24) is 15.3 Å². The Balaban J connectivity index is 1.26. The molecule has 1 aliphatic rings. The van der Waals surface area contributed by atoms with E-state index in [1.54, 1.807) is 12.1 Å². The molecule has 0 bridgehead atoms. The highest BCUT2D eigenvalue weighted by molar-refractivity contribution is 5.90. The number of anilines is 2. The van der Waals surface area contributed by atoms with Crippen LogP contribution in [-0.2, 0) is 12.7 Å². The Hall–Kier alpha value is -2.87. The van der Waals surface area contributed by atoms with Crippen molar-refractivity contribution in [2.24, 2.45) is 5.92 Å². The van der Waals surface area contributed by atoms with E-state index in [1.165, 1.54) is 0 Å². The third-order valence-corrected chi connectivity index (χ3v) is 6.23. The van der Waals surface area contributed by atoms with Crippen LogP contribution in [0.15, 0.2) is 48.5 Å². The molecule has 1 saturated carbocycles. The van der Waals surface area contributed by atoms with Crippen LogP contribution < -0.4 is 15.5 Å². The molecule has 0 spiro atoms. The van der Waals surface area contributed by atoms with Crippen LogP contribution in [0, 0.1) is 5.92 Å². The number of alkyl halides is 3. The molecule has 0 amide bonds. The Labute approximate surface area is 192 Å². The van der Waals surface area contributed by atoms with E-state index in [2.05, 4.69) is 10.6 Å². The Kier molecular flexibility index (Phi) is 7.02. The maximum atomic E-state index is 12.7. The van der Waals surface area contributed by atoms with Crippen molar-refractivity contribution in [2.75, 3.05) is 30.9 Å². The molecule has 176 valence electrons. The minimum atomic E-state index is -4.29. The van der Waals surface area contributed by atoms with Gasteiger partial charge in [-0.3, -0.25) is 0 Å². The van der Waals surface area contributed by atoms with Crippen molar-refractivity contribution in [3.63, 3.8) is 0 Å². The normalized spacial score (nSPS) is 18.9. The van der Waals surface area contributed by atoms with Crippen LogP contribution in [0.4, 0.5) is 24.9 Å². The highest BCUT2D eigenvalue weighted by Crippen LogP contribution is 2.30. The smallest absolute Gasteiger partial charge is 0.362 e. The summed E-state index contributed by atoms with van der Waals surface area (Å²) >= 11 is 0. The van der Waals surface area contributed by atoms with E-state index in [4.69, 9.17) is 9.97 Å². The van der Waals surface area contributed by atoms with Gasteiger partial charge in [-0.25, -0.2) is 4.98 Å². The quantitative estimate of drug-likeness (QED) is 0.492. The van der Waals surface area contributed by atoms with Crippen LogP contribution in [0.25, 0.3) is 10.9 Å². The first-order chi connectivity index (χ1) is 15.8. The fourth-order valence-corrected chi connectivity index (χ4v) is 4.39. The molecule has 1 aliphatic carbocycles. The Morgan fingerprint density at radius 3 is 2.30 bits per heavy atom. The summed E-state index contributed by atoms with van der Waals surface area (Å²) in [6, 6.07) is 13.7. The monoisotopic (exact) mass is 457 g/mol. The van der Waals surface area contributed by atoms with Crippen molar-refractivity contribution in [3.05, 3.63) is 59.7 Å². The number of benzene rings is 2. The average molecular weight is 458 g/mol. The van der Waals surface area contributed by atoms with Gasteiger partial charge in [0, 0.05) is 32.1 Å². The molecule has 1 heterocycles. The zero-order valence-electron chi connectivity index (χ0n) is 19.0.